The summed E-state index contributed by atoms with van der Waals surface area (Å²) in [5, 5.41) is 6.48. The first-order valence-electron chi connectivity index (χ1n) is 9.65. The van der Waals surface area contributed by atoms with Crippen LogP contribution in [0.5, 0.6) is 11.5 Å². The van der Waals surface area contributed by atoms with Crippen LogP contribution in [-0.4, -0.2) is 39.4 Å². The molecule has 1 unspecified atom stereocenters. The summed E-state index contributed by atoms with van der Waals surface area (Å²) in [7, 11) is 3.17. The summed E-state index contributed by atoms with van der Waals surface area (Å²) in [6.07, 6.45) is -0.103. The topological polar surface area (TPSA) is 64.1 Å². The molecule has 0 heterocycles. The van der Waals surface area contributed by atoms with Gasteiger partial charge in [0.2, 0.25) is 0 Å². The molecule has 0 radical (unpaired) electrons. The smallest absolute Gasteiger partial charge is 0.191 e. The van der Waals surface area contributed by atoms with Gasteiger partial charge in [0.15, 0.2) is 17.5 Å². The molecular weight excluding hydrogens is 373 g/mol. The zero-order chi connectivity index (χ0) is 21.1. The van der Waals surface area contributed by atoms with Crippen LogP contribution in [0, 0.1) is 5.82 Å². The summed E-state index contributed by atoms with van der Waals surface area (Å²) >= 11 is 0. The van der Waals surface area contributed by atoms with Gasteiger partial charge in [-0.2, -0.15) is 0 Å². The average molecular weight is 403 g/mol. The number of hydrogen-bond donors (Lipinski definition) is 2. The van der Waals surface area contributed by atoms with Crippen molar-refractivity contribution in [3.8, 4) is 11.5 Å². The minimum atomic E-state index is -0.271. The van der Waals surface area contributed by atoms with Gasteiger partial charge in [-0.3, -0.25) is 0 Å². The van der Waals surface area contributed by atoms with E-state index < -0.39 is 0 Å². The highest BCUT2D eigenvalue weighted by Gasteiger charge is 2.10. The number of methoxy groups -OCH3 is 2. The van der Waals surface area contributed by atoms with E-state index in [1.54, 1.807) is 26.4 Å². The molecular formula is C22H30FN3O3. The Kier molecular flexibility index (Phi) is 9.24. The third kappa shape index (κ3) is 7.27. The van der Waals surface area contributed by atoms with Gasteiger partial charge in [0, 0.05) is 19.2 Å². The number of nitrogens with zero attached hydrogens (tertiary/aromatic N) is 1. The van der Waals surface area contributed by atoms with Crippen molar-refractivity contribution in [3.05, 3.63) is 59.4 Å². The molecule has 0 amide bonds. The lowest BCUT2D eigenvalue weighted by atomic mass is 10.1. The Bertz CT molecular complexity index is 799. The lowest BCUT2D eigenvalue weighted by Gasteiger charge is -2.19. The van der Waals surface area contributed by atoms with Crippen LogP contribution < -0.4 is 20.1 Å². The lowest BCUT2D eigenvalue weighted by Crippen LogP contribution is -2.41. The number of guanidine groups is 1. The van der Waals surface area contributed by atoms with Gasteiger partial charge in [-0.05, 0) is 43.7 Å². The maximum atomic E-state index is 13.8. The first-order valence-corrected chi connectivity index (χ1v) is 9.65. The molecule has 2 aromatic rings. The molecule has 0 spiro atoms. The number of para-hydroxylation sites is 2. The molecule has 0 aromatic heterocycles. The third-order valence-corrected chi connectivity index (χ3v) is 4.13. The van der Waals surface area contributed by atoms with Gasteiger partial charge in [-0.25, -0.2) is 9.38 Å². The van der Waals surface area contributed by atoms with Crippen molar-refractivity contribution >= 4 is 5.96 Å². The van der Waals surface area contributed by atoms with Gasteiger partial charge in [0.1, 0.15) is 11.9 Å². The second-order valence-electron chi connectivity index (χ2n) is 6.51. The molecule has 0 aliphatic carbocycles. The molecule has 0 saturated carbocycles. The van der Waals surface area contributed by atoms with E-state index in [4.69, 9.17) is 14.2 Å². The highest BCUT2D eigenvalue weighted by atomic mass is 19.1. The molecule has 29 heavy (non-hydrogen) atoms. The SMILES string of the molecule is CCNC(=NCc1ccc(F)c(COC)c1)NCC(C)Oc1ccccc1OC. The Hall–Kier alpha value is -2.80. The van der Waals surface area contributed by atoms with E-state index in [0.717, 1.165) is 12.1 Å². The maximum Gasteiger partial charge on any atom is 0.191 e. The van der Waals surface area contributed by atoms with E-state index in [2.05, 4.69) is 15.6 Å². The van der Waals surface area contributed by atoms with Gasteiger partial charge in [0.25, 0.3) is 0 Å². The van der Waals surface area contributed by atoms with Crippen LogP contribution in [0.2, 0.25) is 0 Å². The third-order valence-electron chi connectivity index (χ3n) is 4.13. The molecule has 0 bridgehead atoms. The van der Waals surface area contributed by atoms with Crippen molar-refractivity contribution in [2.24, 2.45) is 4.99 Å². The summed E-state index contributed by atoms with van der Waals surface area (Å²) in [6, 6.07) is 12.5. The summed E-state index contributed by atoms with van der Waals surface area (Å²) in [5.41, 5.74) is 1.44. The molecule has 0 aliphatic rings. The highest BCUT2D eigenvalue weighted by molar-refractivity contribution is 5.79. The molecule has 0 saturated heterocycles. The summed E-state index contributed by atoms with van der Waals surface area (Å²) in [5.74, 6) is 1.79. The number of rotatable bonds is 10. The molecule has 0 aliphatic heterocycles. The van der Waals surface area contributed by atoms with Gasteiger partial charge >= 0.3 is 0 Å². The molecule has 0 fully saturated rings. The van der Waals surface area contributed by atoms with Crippen LogP contribution in [-0.2, 0) is 17.9 Å². The Balaban J connectivity index is 1.96. The van der Waals surface area contributed by atoms with Crippen LogP contribution in [0.3, 0.4) is 0 Å². The van der Waals surface area contributed by atoms with Gasteiger partial charge in [-0.15, -0.1) is 0 Å². The second-order valence-corrected chi connectivity index (χ2v) is 6.51. The van der Waals surface area contributed by atoms with Crippen LogP contribution in [0.15, 0.2) is 47.5 Å². The predicted octanol–water partition coefficient (Wildman–Crippen LogP) is 3.50. The Morgan fingerprint density at radius 2 is 1.86 bits per heavy atom. The average Bonchev–Trinajstić information content (AvgIpc) is 2.72. The van der Waals surface area contributed by atoms with Crippen LogP contribution in [0.4, 0.5) is 4.39 Å². The highest BCUT2D eigenvalue weighted by Crippen LogP contribution is 2.26. The van der Waals surface area contributed by atoms with E-state index in [1.807, 2.05) is 38.1 Å². The minimum absolute atomic E-state index is 0.103. The number of benzene rings is 2. The van der Waals surface area contributed by atoms with Crippen molar-refractivity contribution in [2.75, 3.05) is 27.3 Å². The molecule has 2 aromatic carbocycles. The maximum absolute atomic E-state index is 13.8. The Morgan fingerprint density at radius 3 is 2.55 bits per heavy atom. The molecule has 2 rings (SSSR count). The number of nitrogens with one attached hydrogen (secondary N) is 2. The van der Waals surface area contributed by atoms with Gasteiger partial charge < -0.3 is 24.8 Å². The fraction of sp³-hybridized carbons (Fsp3) is 0.409. The monoisotopic (exact) mass is 403 g/mol. The fourth-order valence-corrected chi connectivity index (χ4v) is 2.72. The van der Waals surface area contributed by atoms with Crippen molar-refractivity contribution < 1.29 is 18.6 Å². The number of aliphatic imine (C=N–C) groups is 1. The van der Waals surface area contributed by atoms with Crippen LogP contribution in [0.25, 0.3) is 0 Å². The Labute approximate surface area is 172 Å². The van der Waals surface area contributed by atoms with Crippen molar-refractivity contribution in [2.45, 2.75) is 33.1 Å². The van der Waals surface area contributed by atoms with E-state index in [1.165, 1.54) is 6.07 Å². The standard InChI is InChI=1S/C22H30FN3O3/c1-5-24-22(26-14-17-10-11-19(23)18(12-17)15-27-3)25-13-16(2)29-21-9-7-6-8-20(21)28-4/h6-12,16H,5,13-15H2,1-4H3,(H2,24,25,26). The van der Waals surface area contributed by atoms with E-state index in [0.29, 0.717) is 36.1 Å². The molecule has 6 nitrogen and oxygen atoms in total. The number of hydrogen-bond acceptors (Lipinski definition) is 4. The fourth-order valence-electron chi connectivity index (χ4n) is 2.72. The van der Waals surface area contributed by atoms with E-state index in [9.17, 15) is 4.39 Å². The van der Waals surface area contributed by atoms with Gasteiger partial charge in [-0.1, -0.05) is 18.2 Å². The van der Waals surface area contributed by atoms with Gasteiger partial charge in [0.05, 0.1) is 26.8 Å². The lowest BCUT2D eigenvalue weighted by molar-refractivity contribution is 0.181. The first kappa shape index (κ1) is 22.5. The Morgan fingerprint density at radius 1 is 1.10 bits per heavy atom. The normalized spacial score (nSPS) is 12.4. The first-order chi connectivity index (χ1) is 14.1. The second kappa shape index (κ2) is 11.9. The van der Waals surface area contributed by atoms with E-state index >= 15 is 0 Å². The zero-order valence-electron chi connectivity index (χ0n) is 17.5. The summed E-state index contributed by atoms with van der Waals surface area (Å²) in [6.45, 7) is 5.92. The largest absolute Gasteiger partial charge is 0.493 e. The van der Waals surface area contributed by atoms with Crippen LogP contribution >= 0.6 is 0 Å². The quantitative estimate of drug-likeness (QED) is 0.470. The van der Waals surface area contributed by atoms with Crippen molar-refractivity contribution in [3.63, 3.8) is 0 Å². The number of halogens is 1. The zero-order valence-corrected chi connectivity index (χ0v) is 17.5. The van der Waals surface area contributed by atoms with Crippen LogP contribution in [0.1, 0.15) is 25.0 Å². The summed E-state index contributed by atoms with van der Waals surface area (Å²) < 4.78 is 30.1. The molecule has 158 valence electrons. The van der Waals surface area contributed by atoms with E-state index in [-0.39, 0.29) is 18.5 Å². The predicted molar refractivity (Wildman–Crippen MR) is 113 cm³/mol. The molecule has 2 N–H and O–H groups in total. The summed E-state index contributed by atoms with van der Waals surface area (Å²) in [4.78, 5) is 4.58. The molecule has 7 heteroatoms. The molecule has 1 atom stereocenters. The van der Waals surface area contributed by atoms with Crippen molar-refractivity contribution in [1.82, 2.24) is 10.6 Å². The minimum Gasteiger partial charge on any atom is -0.493 e. The van der Waals surface area contributed by atoms with Crippen molar-refractivity contribution in [1.29, 1.82) is 0 Å². The number of ether oxygens (including phenoxy) is 3.